The Balaban J connectivity index is 1.47. The molecule has 9 heteroatoms. The predicted molar refractivity (Wildman–Crippen MR) is 134 cm³/mol. The van der Waals surface area contributed by atoms with E-state index in [1.165, 1.54) is 24.3 Å². The summed E-state index contributed by atoms with van der Waals surface area (Å²) in [7, 11) is 0. The third-order valence-corrected chi connectivity index (χ3v) is 6.68. The molecule has 0 radical (unpaired) electrons. The topological polar surface area (TPSA) is 94.7 Å². The number of aryl methyl sites for hydroxylation is 1. The van der Waals surface area contributed by atoms with Gasteiger partial charge in [0.25, 0.3) is 5.69 Å². The lowest BCUT2D eigenvalue weighted by molar-refractivity contribution is -0.384. The van der Waals surface area contributed by atoms with Crippen LogP contribution in [-0.4, -0.2) is 40.9 Å². The van der Waals surface area contributed by atoms with Crippen molar-refractivity contribution in [3.8, 4) is 5.69 Å². The largest absolute Gasteiger partial charge is 0.454 e. The first kappa shape index (κ1) is 25.1. The van der Waals surface area contributed by atoms with E-state index in [0.717, 1.165) is 31.6 Å². The molecule has 0 N–H and O–H groups in total. The predicted octanol–water partition coefficient (Wildman–Crippen LogP) is 5.42. The first-order valence-corrected chi connectivity index (χ1v) is 11.8. The van der Waals surface area contributed by atoms with E-state index in [1.807, 2.05) is 16.4 Å². The van der Waals surface area contributed by atoms with E-state index in [2.05, 4.69) is 6.92 Å². The van der Waals surface area contributed by atoms with Crippen molar-refractivity contribution in [2.24, 2.45) is 5.92 Å². The van der Waals surface area contributed by atoms with E-state index in [-0.39, 0.29) is 17.1 Å². The quantitative estimate of drug-likeness (QED) is 0.189. The van der Waals surface area contributed by atoms with Crippen LogP contribution in [0.15, 0.2) is 48.5 Å². The summed E-state index contributed by atoms with van der Waals surface area (Å²) in [6.07, 6.45) is 1.90. The van der Waals surface area contributed by atoms with Crippen LogP contribution in [0.5, 0.6) is 0 Å². The maximum absolute atomic E-state index is 13.3. The average Bonchev–Trinajstić information content (AvgIpc) is 3.16. The Kier molecular flexibility index (Phi) is 7.19. The fraction of sp³-hybridized carbons (Fsp3) is 0.333. The van der Waals surface area contributed by atoms with Crippen LogP contribution in [0.1, 0.15) is 51.9 Å². The zero-order valence-corrected chi connectivity index (χ0v) is 20.5. The van der Waals surface area contributed by atoms with Gasteiger partial charge in [-0.05, 0) is 75.1 Å². The molecule has 36 heavy (non-hydrogen) atoms. The number of esters is 1. The van der Waals surface area contributed by atoms with Crippen molar-refractivity contribution in [2.45, 2.75) is 33.6 Å². The number of nitrogens with zero attached hydrogens (tertiary/aromatic N) is 3. The van der Waals surface area contributed by atoms with Crippen molar-refractivity contribution in [2.75, 3.05) is 24.6 Å². The number of hydrogen-bond acceptors (Lipinski definition) is 6. The van der Waals surface area contributed by atoms with Crippen molar-refractivity contribution in [1.29, 1.82) is 0 Å². The Morgan fingerprint density at radius 1 is 1.08 bits per heavy atom. The lowest BCUT2D eigenvalue weighted by Crippen LogP contribution is -2.33. The van der Waals surface area contributed by atoms with E-state index in [0.29, 0.717) is 28.6 Å². The Morgan fingerprint density at radius 2 is 1.75 bits per heavy atom. The molecular formula is C27H28FN3O5. The Hall–Kier alpha value is -4.01. The first-order chi connectivity index (χ1) is 17.2. The van der Waals surface area contributed by atoms with Gasteiger partial charge in [-0.1, -0.05) is 6.92 Å². The van der Waals surface area contributed by atoms with Crippen LogP contribution < -0.4 is 4.90 Å². The molecule has 0 aliphatic carbocycles. The standard InChI is InChI=1S/C27H28FN3O5/c1-17-10-12-29(13-11-17)24-9-4-20(15-25(24)31(34)35)27(33)36-16-26(32)23-14-18(2)30(19(23)3)22-7-5-21(28)6-8-22/h4-9,14-15,17H,10-13,16H2,1-3H3. The molecule has 2 aromatic carbocycles. The monoisotopic (exact) mass is 493 g/mol. The smallest absolute Gasteiger partial charge is 0.338 e. The first-order valence-electron chi connectivity index (χ1n) is 11.8. The van der Waals surface area contributed by atoms with Crippen LogP contribution in [0, 0.1) is 35.7 Å². The van der Waals surface area contributed by atoms with Gasteiger partial charge in [-0.2, -0.15) is 0 Å². The summed E-state index contributed by atoms with van der Waals surface area (Å²) in [6.45, 7) is 6.67. The molecule has 0 amide bonds. The summed E-state index contributed by atoms with van der Waals surface area (Å²) in [5.41, 5.74) is 2.83. The molecule has 1 aliphatic heterocycles. The molecular weight excluding hydrogens is 465 g/mol. The van der Waals surface area contributed by atoms with Gasteiger partial charge in [0, 0.05) is 41.8 Å². The van der Waals surface area contributed by atoms with Crippen molar-refractivity contribution in [3.63, 3.8) is 0 Å². The number of halogens is 1. The van der Waals surface area contributed by atoms with Crippen LogP contribution in [0.3, 0.4) is 0 Å². The molecule has 0 atom stereocenters. The van der Waals surface area contributed by atoms with Gasteiger partial charge in [-0.3, -0.25) is 14.9 Å². The number of carbonyl (C=O) groups is 2. The van der Waals surface area contributed by atoms with Crippen molar-refractivity contribution in [1.82, 2.24) is 4.57 Å². The van der Waals surface area contributed by atoms with Crippen molar-refractivity contribution >= 4 is 23.1 Å². The third kappa shape index (κ3) is 5.15. The van der Waals surface area contributed by atoms with Gasteiger partial charge in [0.15, 0.2) is 6.61 Å². The van der Waals surface area contributed by atoms with Crippen LogP contribution in [-0.2, 0) is 4.74 Å². The maximum atomic E-state index is 13.3. The number of carbonyl (C=O) groups excluding carboxylic acids is 2. The minimum absolute atomic E-state index is 0.0143. The lowest BCUT2D eigenvalue weighted by Gasteiger charge is -2.31. The molecule has 4 rings (SSSR count). The molecule has 0 unspecified atom stereocenters. The molecule has 3 aromatic rings. The van der Waals surface area contributed by atoms with Gasteiger partial charge >= 0.3 is 5.97 Å². The molecule has 1 fully saturated rings. The number of nitro benzene ring substituents is 1. The second kappa shape index (κ2) is 10.3. The van der Waals surface area contributed by atoms with Gasteiger partial charge in [0.05, 0.1) is 10.5 Å². The zero-order valence-electron chi connectivity index (χ0n) is 20.5. The number of piperidine rings is 1. The minimum Gasteiger partial charge on any atom is -0.454 e. The van der Waals surface area contributed by atoms with E-state index in [9.17, 15) is 24.1 Å². The summed E-state index contributed by atoms with van der Waals surface area (Å²) >= 11 is 0. The summed E-state index contributed by atoms with van der Waals surface area (Å²) in [5, 5.41) is 11.7. The number of hydrogen-bond donors (Lipinski definition) is 0. The van der Waals surface area contributed by atoms with Gasteiger partial charge in [-0.15, -0.1) is 0 Å². The Labute approximate surface area is 208 Å². The molecule has 8 nitrogen and oxygen atoms in total. The van der Waals surface area contributed by atoms with E-state index >= 15 is 0 Å². The van der Waals surface area contributed by atoms with Crippen LogP contribution in [0.2, 0.25) is 0 Å². The van der Waals surface area contributed by atoms with E-state index in [1.54, 1.807) is 31.2 Å². The number of Topliss-reactive ketones (excluding diaryl/α,β-unsaturated/α-hetero) is 1. The van der Waals surface area contributed by atoms with Gasteiger partial charge < -0.3 is 14.2 Å². The number of ketones is 1. The van der Waals surface area contributed by atoms with Crippen LogP contribution in [0.25, 0.3) is 5.69 Å². The molecule has 1 aromatic heterocycles. The highest BCUT2D eigenvalue weighted by molar-refractivity contribution is 6.00. The van der Waals surface area contributed by atoms with E-state index < -0.39 is 23.3 Å². The lowest BCUT2D eigenvalue weighted by atomic mass is 9.98. The highest BCUT2D eigenvalue weighted by Gasteiger charge is 2.26. The maximum Gasteiger partial charge on any atom is 0.338 e. The van der Waals surface area contributed by atoms with Crippen molar-refractivity contribution in [3.05, 3.63) is 87.0 Å². The van der Waals surface area contributed by atoms with Crippen molar-refractivity contribution < 1.29 is 23.6 Å². The number of aromatic nitrogens is 1. The summed E-state index contributed by atoms with van der Waals surface area (Å²) in [6, 6.07) is 11.9. The van der Waals surface area contributed by atoms with Gasteiger partial charge in [0.1, 0.15) is 11.5 Å². The molecule has 0 bridgehead atoms. The summed E-state index contributed by atoms with van der Waals surface area (Å²) in [4.78, 5) is 38.7. The van der Waals surface area contributed by atoms with Gasteiger partial charge in [0.2, 0.25) is 5.78 Å². The summed E-state index contributed by atoms with van der Waals surface area (Å²) in [5.74, 6) is -0.994. The number of rotatable bonds is 7. The van der Waals surface area contributed by atoms with Crippen LogP contribution >= 0.6 is 0 Å². The minimum atomic E-state index is -0.808. The number of benzene rings is 2. The highest BCUT2D eigenvalue weighted by Crippen LogP contribution is 2.32. The Morgan fingerprint density at radius 3 is 2.39 bits per heavy atom. The zero-order chi connectivity index (χ0) is 26.0. The van der Waals surface area contributed by atoms with Crippen LogP contribution in [0.4, 0.5) is 15.8 Å². The molecule has 0 spiro atoms. The molecule has 188 valence electrons. The summed E-state index contributed by atoms with van der Waals surface area (Å²) < 4.78 is 20.3. The fourth-order valence-electron chi connectivity index (χ4n) is 4.64. The Bertz CT molecular complexity index is 1310. The second-order valence-electron chi connectivity index (χ2n) is 9.23. The second-order valence-corrected chi connectivity index (χ2v) is 9.23. The molecule has 1 aliphatic rings. The number of nitro groups is 1. The molecule has 0 saturated carbocycles. The van der Waals surface area contributed by atoms with E-state index in [4.69, 9.17) is 4.74 Å². The normalized spacial score (nSPS) is 14.1. The third-order valence-electron chi connectivity index (χ3n) is 6.68. The molecule has 2 heterocycles. The molecule has 1 saturated heterocycles. The number of anilines is 1. The SMILES string of the molecule is Cc1cc(C(=O)COC(=O)c2ccc(N3CCC(C)CC3)c([N+](=O)[O-])c2)c(C)n1-c1ccc(F)cc1. The average molecular weight is 494 g/mol. The van der Waals surface area contributed by atoms with Gasteiger partial charge in [-0.25, -0.2) is 9.18 Å². The highest BCUT2D eigenvalue weighted by atomic mass is 19.1. The fourth-order valence-corrected chi connectivity index (χ4v) is 4.64. The number of ether oxygens (including phenoxy) is 1.